The second-order valence-electron chi connectivity index (χ2n) is 10.2. The van der Waals surface area contributed by atoms with Crippen molar-refractivity contribution in [2.75, 3.05) is 17.1 Å². The molecular formula is C32H24ClN3O8. The summed E-state index contributed by atoms with van der Waals surface area (Å²) < 4.78 is 11.1. The Kier molecular flexibility index (Phi) is 7.50. The Morgan fingerprint density at radius 2 is 1.68 bits per heavy atom. The Labute approximate surface area is 256 Å². The molecule has 0 aliphatic carbocycles. The molecule has 2 fully saturated rings. The number of halogens is 1. The zero-order chi connectivity index (χ0) is 31.1. The Bertz CT molecular complexity index is 1810. The van der Waals surface area contributed by atoms with Gasteiger partial charge in [-0.15, -0.1) is 0 Å². The number of imide groups is 1. The number of benzene rings is 4. The van der Waals surface area contributed by atoms with E-state index in [-0.39, 0.29) is 22.9 Å². The lowest BCUT2D eigenvalue weighted by molar-refractivity contribution is -0.384. The molecular weight excluding hydrogens is 590 g/mol. The molecule has 0 spiro atoms. The van der Waals surface area contributed by atoms with Gasteiger partial charge in [0.05, 0.1) is 35.0 Å². The summed E-state index contributed by atoms with van der Waals surface area (Å²) in [6.45, 7) is 1.71. The van der Waals surface area contributed by atoms with Crippen LogP contribution in [0.3, 0.4) is 0 Å². The summed E-state index contributed by atoms with van der Waals surface area (Å²) in [4.78, 5) is 58.8. The number of nitro groups is 1. The lowest BCUT2D eigenvalue weighted by atomic mass is 9.90. The van der Waals surface area contributed by atoms with Crippen molar-refractivity contribution >= 4 is 46.4 Å². The van der Waals surface area contributed by atoms with Crippen LogP contribution in [0.4, 0.5) is 17.1 Å². The highest BCUT2D eigenvalue weighted by atomic mass is 35.5. The number of carbonyl (C=O) groups excluding carboxylic acids is 3. The van der Waals surface area contributed by atoms with E-state index >= 15 is 0 Å². The molecule has 0 unspecified atom stereocenters. The van der Waals surface area contributed by atoms with Crippen molar-refractivity contribution in [3.63, 3.8) is 0 Å². The van der Waals surface area contributed by atoms with Crippen LogP contribution < -0.4 is 19.4 Å². The Morgan fingerprint density at radius 3 is 2.41 bits per heavy atom. The number of esters is 1. The highest BCUT2D eigenvalue weighted by Gasteiger charge is 2.60. The summed E-state index contributed by atoms with van der Waals surface area (Å²) in [6.07, 6.45) is -1.23. The Morgan fingerprint density at radius 1 is 0.932 bits per heavy atom. The molecule has 2 amide bonds. The van der Waals surface area contributed by atoms with Crippen LogP contribution in [0.1, 0.15) is 27.5 Å². The molecule has 2 aliphatic heterocycles. The molecule has 4 aromatic rings. The molecule has 0 radical (unpaired) electrons. The Hall–Kier alpha value is -5.26. The molecule has 6 rings (SSSR count). The van der Waals surface area contributed by atoms with E-state index in [0.717, 1.165) is 4.90 Å². The lowest BCUT2D eigenvalue weighted by Crippen LogP contribution is -2.37. The van der Waals surface area contributed by atoms with Gasteiger partial charge < -0.3 is 9.47 Å². The van der Waals surface area contributed by atoms with Crippen LogP contribution in [0, 0.1) is 23.0 Å². The zero-order valence-corrected chi connectivity index (χ0v) is 24.1. The van der Waals surface area contributed by atoms with Gasteiger partial charge in [0, 0.05) is 17.2 Å². The number of non-ortho nitro benzene ring substituents is 1. The number of hydrogen-bond donors (Lipinski definition) is 0. The predicted octanol–water partition coefficient (Wildman–Crippen LogP) is 5.84. The van der Waals surface area contributed by atoms with Gasteiger partial charge in [-0.3, -0.25) is 24.5 Å². The first-order valence-electron chi connectivity index (χ1n) is 13.5. The molecule has 4 aromatic carbocycles. The van der Waals surface area contributed by atoms with E-state index in [2.05, 4.69) is 0 Å². The van der Waals surface area contributed by atoms with Crippen molar-refractivity contribution in [3.05, 3.63) is 123 Å². The fourth-order valence-corrected chi connectivity index (χ4v) is 5.65. The minimum atomic E-state index is -1.23. The number of rotatable bonds is 7. The summed E-state index contributed by atoms with van der Waals surface area (Å²) in [6, 6.07) is 22.9. The highest BCUT2D eigenvalue weighted by molar-refractivity contribution is 6.32. The molecule has 12 heteroatoms. The number of ether oxygens (including phenoxy) is 2. The van der Waals surface area contributed by atoms with Gasteiger partial charge in [0.1, 0.15) is 5.92 Å². The van der Waals surface area contributed by atoms with Gasteiger partial charge in [0.25, 0.3) is 11.6 Å². The molecule has 0 aromatic heterocycles. The molecule has 44 heavy (non-hydrogen) atoms. The van der Waals surface area contributed by atoms with E-state index in [1.165, 1.54) is 36.4 Å². The molecule has 0 N–H and O–H groups in total. The third kappa shape index (κ3) is 4.91. The minimum Gasteiger partial charge on any atom is -0.493 e. The maximum atomic E-state index is 14.1. The quantitative estimate of drug-likeness (QED) is 0.0830. The monoisotopic (exact) mass is 613 g/mol. The zero-order valence-electron chi connectivity index (χ0n) is 23.4. The number of fused-ring (bicyclic) bond motifs is 1. The number of nitrogens with zero attached hydrogens (tertiary/aromatic N) is 3. The van der Waals surface area contributed by atoms with E-state index in [0.29, 0.717) is 27.4 Å². The van der Waals surface area contributed by atoms with Gasteiger partial charge in [0.2, 0.25) is 5.91 Å². The molecule has 2 heterocycles. The third-order valence-electron chi connectivity index (χ3n) is 7.63. The Balaban J connectivity index is 1.42. The number of anilines is 2. The van der Waals surface area contributed by atoms with Crippen LogP contribution in [0.5, 0.6) is 11.5 Å². The number of hydroxylamine groups is 1. The average molecular weight is 614 g/mol. The lowest BCUT2D eigenvalue weighted by Gasteiger charge is -2.29. The van der Waals surface area contributed by atoms with Gasteiger partial charge in [0.15, 0.2) is 17.6 Å². The van der Waals surface area contributed by atoms with Gasteiger partial charge in [-0.25, -0.2) is 14.8 Å². The average Bonchev–Trinajstić information content (AvgIpc) is 3.54. The summed E-state index contributed by atoms with van der Waals surface area (Å²) in [5.41, 5.74) is 1.78. The van der Waals surface area contributed by atoms with Crippen molar-refractivity contribution in [1.29, 1.82) is 0 Å². The van der Waals surface area contributed by atoms with E-state index in [1.54, 1.807) is 73.7 Å². The maximum absolute atomic E-state index is 14.1. The SMILES string of the molecule is COc1cc([C@@H]2[C@H]3C(=O)N(c4cccc(Cl)c4C)C(=O)[C@H]3ON2c2cccc([N+](=O)[O-])c2)ccc1OC(=O)c1ccccc1. The standard InChI is InChI=1S/C32H24ClN3O8/c1-18-23(33)12-7-13-24(18)34-30(37)27-28(35(44-29(27)31(34)38)21-10-6-11-22(17-21)36(40)41)20-14-15-25(26(16-20)42-2)43-32(39)19-8-4-3-5-9-19/h3-17,27-29H,1-2H3/t27-,28-,29+/m1/s1. The summed E-state index contributed by atoms with van der Waals surface area (Å²) in [7, 11) is 1.40. The van der Waals surface area contributed by atoms with Gasteiger partial charge in [-0.1, -0.05) is 48.0 Å². The molecule has 0 saturated carbocycles. The fourth-order valence-electron chi connectivity index (χ4n) is 5.48. The molecule has 2 aliphatic rings. The normalized spacial score (nSPS) is 19.2. The second-order valence-corrected chi connectivity index (χ2v) is 10.6. The topological polar surface area (TPSA) is 129 Å². The van der Waals surface area contributed by atoms with E-state index in [1.807, 2.05) is 0 Å². The molecule has 3 atom stereocenters. The van der Waals surface area contributed by atoms with Crippen molar-refractivity contribution in [3.8, 4) is 11.5 Å². The molecule has 222 valence electrons. The molecule has 11 nitrogen and oxygen atoms in total. The van der Waals surface area contributed by atoms with Crippen LogP contribution in [-0.2, 0) is 14.4 Å². The van der Waals surface area contributed by atoms with Crippen LogP contribution in [0.2, 0.25) is 5.02 Å². The van der Waals surface area contributed by atoms with Crippen molar-refractivity contribution in [1.82, 2.24) is 0 Å². The van der Waals surface area contributed by atoms with Gasteiger partial charge in [-0.2, -0.15) is 0 Å². The fraction of sp³-hybridized carbons (Fsp3) is 0.156. The van der Waals surface area contributed by atoms with E-state index < -0.39 is 40.8 Å². The van der Waals surface area contributed by atoms with Gasteiger partial charge >= 0.3 is 5.97 Å². The number of carbonyl (C=O) groups is 3. The van der Waals surface area contributed by atoms with E-state index in [4.69, 9.17) is 25.9 Å². The summed E-state index contributed by atoms with van der Waals surface area (Å²) >= 11 is 6.31. The van der Waals surface area contributed by atoms with Crippen molar-refractivity contribution in [2.24, 2.45) is 5.92 Å². The van der Waals surface area contributed by atoms with Crippen LogP contribution >= 0.6 is 11.6 Å². The maximum Gasteiger partial charge on any atom is 0.343 e. The van der Waals surface area contributed by atoms with Crippen LogP contribution in [0.25, 0.3) is 0 Å². The summed E-state index contributed by atoms with van der Waals surface area (Å²) in [5.74, 6) is -2.43. The van der Waals surface area contributed by atoms with Crippen LogP contribution in [0.15, 0.2) is 91.0 Å². The number of amides is 2. The number of hydrogen-bond acceptors (Lipinski definition) is 9. The van der Waals surface area contributed by atoms with Gasteiger partial charge in [-0.05, 0) is 60.5 Å². The predicted molar refractivity (Wildman–Crippen MR) is 160 cm³/mol. The smallest absolute Gasteiger partial charge is 0.343 e. The second kappa shape index (κ2) is 11.4. The summed E-state index contributed by atoms with van der Waals surface area (Å²) in [5, 5.41) is 13.3. The third-order valence-corrected chi connectivity index (χ3v) is 8.04. The van der Waals surface area contributed by atoms with E-state index in [9.17, 15) is 24.5 Å². The van der Waals surface area contributed by atoms with Crippen molar-refractivity contribution in [2.45, 2.75) is 19.1 Å². The first kappa shape index (κ1) is 28.8. The minimum absolute atomic E-state index is 0.132. The first-order chi connectivity index (χ1) is 21.2. The largest absolute Gasteiger partial charge is 0.493 e. The molecule has 0 bridgehead atoms. The number of nitro benzene ring substituents is 1. The molecule has 2 saturated heterocycles. The van der Waals surface area contributed by atoms with Crippen LogP contribution in [-0.4, -0.2) is 35.9 Å². The first-order valence-corrected chi connectivity index (χ1v) is 13.9. The number of methoxy groups -OCH3 is 1. The van der Waals surface area contributed by atoms with Crippen molar-refractivity contribution < 1.29 is 33.6 Å². The highest BCUT2D eigenvalue weighted by Crippen LogP contribution is 2.49.